The number of hydrogen-bond acceptors (Lipinski definition) is 6. The zero-order chi connectivity index (χ0) is 19.8. The fourth-order valence-electron chi connectivity index (χ4n) is 4.59. The van der Waals surface area contributed by atoms with Gasteiger partial charge in [0, 0.05) is 50.2 Å². The Balaban J connectivity index is 1.42. The number of benzene rings is 1. The third-order valence-corrected chi connectivity index (χ3v) is 6.19. The first-order valence-corrected chi connectivity index (χ1v) is 10.5. The minimum atomic E-state index is 0.0263. The first-order chi connectivity index (χ1) is 14.2. The maximum atomic E-state index is 12.7. The Labute approximate surface area is 169 Å². The van der Waals surface area contributed by atoms with Crippen LogP contribution in [0.2, 0.25) is 0 Å². The maximum absolute atomic E-state index is 12.7. The Morgan fingerprint density at radius 1 is 1.17 bits per heavy atom. The molecule has 3 aromatic rings. The average Bonchev–Trinajstić information content (AvgIpc) is 2.74. The van der Waals surface area contributed by atoms with Gasteiger partial charge in [-0.15, -0.1) is 0 Å². The summed E-state index contributed by atoms with van der Waals surface area (Å²) in [5.74, 6) is 0.735. The minimum Gasteiger partial charge on any atom is -0.340 e. The van der Waals surface area contributed by atoms with Gasteiger partial charge in [0.1, 0.15) is 0 Å². The SMILES string of the molecule is CC1CCCCN1c1nc2c(c(=O)[nH]1)CCN(Cc1cccc3nccnc13)C2. The van der Waals surface area contributed by atoms with E-state index in [0.717, 1.165) is 72.7 Å². The molecule has 1 saturated heterocycles. The van der Waals surface area contributed by atoms with E-state index in [1.54, 1.807) is 12.4 Å². The number of fused-ring (bicyclic) bond motifs is 2. The highest BCUT2D eigenvalue weighted by Crippen LogP contribution is 2.24. The van der Waals surface area contributed by atoms with Gasteiger partial charge in [0.25, 0.3) is 5.56 Å². The van der Waals surface area contributed by atoms with Crippen LogP contribution in [0, 0.1) is 0 Å². The second-order valence-electron chi connectivity index (χ2n) is 8.15. The number of anilines is 1. The van der Waals surface area contributed by atoms with Crippen LogP contribution >= 0.6 is 0 Å². The van der Waals surface area contributed by atoms with E-state index in [1.165, 1.54) is 6.42 Å². The summed E-state index contributed by atoms with van der Waals surface area (Å²) < 4.78 is 0. The molecule has 7 nitrogen and oxygen atoms in total. The Bertz CT molecular complexity index is 1090. The quantitative estimate of drug-likeness (QED) is 0.741. The van der Waals surface area contributed by atoms with E-state index in [2.05, 4.69) is 37.7 Å². The number of nitrogens with one attached hydrogen (secondary N) is 1. The Morgan fingerprint density at radius 3 is 2.97 bits per heavy atom. The van der Waals surface area contributed by atoms with Gasteiger partial charge in [0.2, 0.25) is 5.95 Å². The van der Waals surface area contributed by atoms with Crippen LogP contribution in [0.5, 0.6) is 0 Å². The van der Waals surface area contributed by atoms with Crippen molar-refractivity contribution in [2.24, 2.45) is 0 Å². The molecule has 0 radical (unpaired) electrons. The molecule has 0 bridgehead atoms. The summed E-state index contributed by atoms with van der Waals surface area (Å²) in [6.07, 6.45) is 7.74. The predicted octanol–water partition coefficient (Wildman–Crippen LogP) is 2.65. The van der Waals surface area contributed by atoms with E-state index >= 15 is 0 Å². The lowest BCUT2D eigenvalue weighted by atomic mass is 10.0. The highest BCUT2D eigenvalue weighted by Gasteiger charge is 2.25. The van der Waals surface area contributed by atoms with Crippen molar-refractivity contribution in [1.82, 2.24) is 24.8 Å². The summed E-state index contributed by atoms with van der Waals surface area (Å²) in [4.78, 5) is 34.2. The van der Waals surface area contributed by atoms with Crippen LogP contribution in [0.3, 0.4) is 0 Å². The van der Waals surface area contributed by atoms with Crippen molar-refractivity contribution in [3.63, 3.8) is 0 Å². The summed E-state index contributed by atoms with van der Waals surface area (Å²) in [5.41, 5.74) is 4.81. The van der Waals surface area contributed by atoms with E-state index in [-0.39, 0.29) is 5.56 Å². The molecule has 0 amide bonds. The van der Waals surface area contributed by atoms with Crippen molar-refractivity contribution in [2.45, 2.75) is 51.7 Å². The number of H-pyrrole nitrogens is 1. The summed E-state index contributed by atoms with van der Waals surface area (Å²) in [6.45, 7) is 5.48. The van der Waals surface area contributed by atoms with E-state index in [0.29, 0.717) is 12.6 Å². The smallest absolute Gasteiger partial charge is 0.255 e. The largest absolute Gasteiger partial charge is 0.340 e. The molecule has 29 heavy (non-hydrogen) atoms. The summed E-state index contributed by atoms with van der Waals surface area (Å²) >= 11 is 0. The molecule has 5 rings (SSSR count). The molecule has 4 heterocycles. The molecule has 2 aromatic heterocycles. The lowest BCUT2D eigenvalue weighted by Gasteiger charge is -2.35. The zero-order valence-electron chi connectivity index (χ0n) is 16.8. The molecule has 2 aliphatic heterocycles. The van der Waals surface area contributed by atoms with Crippen molar-refractivity contribution < 1.29 is 0 Å². The molecule has 1 N–H and O–H groups in total. The molecule has 2 aliphatic rings. The van der Waals surface area contributed by atoms with Gasteiger partial charge in [-0.2, -0.15) is 0 Å². The standard InChI is InChI=1S/C22H26N6O/c1-15-5-2-3-11-28(15)22-25-19-14-27(12-8-17(19)21(29)26-22)13-16-6-4-7-18-20(16)24-10-9-23-18/h4,6-7,9-10,15H,2-3,5,8,11-14H2,1H3,(H,25,26,29). The summed E-state index contributed by atoms with van der Waals surface area (Å²) in [5, 5.41) is 0. The van der Waals surface area contributed by atoms with Crippen molar-refractivity contribution in [1.29, 1.82) is 0 Å². The topological polar surface area (TPSA) is 78.0 Å². The second-order valence-corrected chi connectivity index (χ2v) is 8.15. The maximum Gasteiger partial charge on any atom is 0.255 e. The normalized spacial score (nSPS) is 20.0. The molecule has 0 spiro atoms. The van der Waals surface area contributed by atoms with E-state index in [1.807, 2.05) is 12.1 Å². The summed E-state index contributed by atoms with van der Waals surface area (Å²) in [6, 6.07) is 6.55. The predicted molar refractivity (Wildman–Crippen MR) is 113 cm³/mol. The fraction of sp³-hybridized carbons (Fsp3) is 0.455. The number of hydrogen-bond donors (Lipinski definition) is 1. The molecule has 1 fully saturated rings. The first kappa shape index (κ1) is 18.2. The van der Waals surface area contributed by atoms with Gasteiger partial charge in [0.15, 0.2) is 0 Å². The Kier molecular flexibility index (Phi) is 4.75. The lowest BCUT2D eigenvalue weighted by molar-refractivity contribution is 0.241. The number of para-hydroxylation sites is 1. The van der Waals surface area contributed by atoms with Crippen LogP contribution in [0.15, 0.2) is 35.4 Å². The molecule has 0 saturated carbocycles. The Hall–Kier alpha value is -2.80. The second kappa shape index (κ2) is 7.55. The van der Waals surface area contributed by atoms with E-state index < -0.39 is 0 Å². The van der Waals surface area contributed by atoms with Crippen molar-refractivity contribution in [2.75, 3.05) is 18.0 Å². The molecular weight excluding hydrogens is 364 g/mol. The average molecular weight is 390 g/mol. The van der Waals surface area contributed by atoms with E-state index in [9.17, 15) is 4.79 Å². The number of aromatic nitrogens is 4. The zero-order valence-corrected chi connectivity index (χ0v) is 16.8. The Morgan fingerprint density at radius 2 is 2.07 bits per heavy atom. The van der Waals surface area contributed by atoms with Crippen molar-refractivity contribution >= 4 is 17.0 Å². The highest BCUT2D eigenvalue weighted by molar-refractivity contribution is 5.77. The van der Waals surface area contributed by atoms with Gasteiger partial charge in [-0.25, -0.2) is 4.98 Å². The molecule has 150 valence electrons. The van der Waals surface area contributed by atoms with Gasteiger partial charge < -0.3 is 4.90 Å². The molecule has 1 unspecified atom stereocenters. The fourth-order valence-corrected chi connectivity index (χ4v) is 4.59. The van der Waals surface area contributed by atoms with Crippen LogP contribution in [0.4, 0.5) is 5.95 Å². The summed E-state index contributed by atoms with van der Waals surface area (Å²) in [7, 11) is 0. The number of piperidine rings is 1. The monoisotopic (exact) mass is 390 g/mol. The highest BCUT2D eigenvalue weighted by atomic mass is 16.1. The molecule has 0 aliphatic carbocycles. The van der Waals surface area contributed by atoms with Crippen LogP contribution in [-0.2, 0) is 19.5 Å². The van der Waals surface area contributed by atoms with Gasteiger partial charge in [-0.3, -0.25) is 24.6 Å². The van der Waals surface area contributed by atoms with Crippen molar-refractivity contribution in [3.05, 3.63) is 57.8 Å². The lowest BCUT2D eigenvalue weighted by Crippen LogP contribution is -2.41. The third kappa shape index (κ3) is 3.51. The number of rotatable bonds is 3. The molecular formula is C22H26N6O. The third-order valence-electron chi connectivity index (χ3n) is 6.19. The van der Waals surface area contributed by atoms with Crippen LogP contribution in [-0.4, -0.2) is 44.0 Å². The van der Waals surface area contributed by atoms with Crippen LogP contribution in [0.1, 0.15) is 43.0 Å². The van der Waals surface area contributed by atoms with Gasteiger partial charge in [-0.05, 0) is 44.2 Å². The van der Waals surface area contributed by atoms with Gasteiger partial charge in [-0.1, -0.05) is 12.1 Å². The first-order valence-electron chi connectivity index (χ1n) is 10.5. The minimum absolute atomic E-state index is 0.0263. The van der Waals surface area contributed by atoms with Crippen LogP contribution < -0.4 is 10.5 Å². The molecule has 1 aromatic carbocycles. The number of aromatic amines is 1. The van der Waals surface area contributed by atoms with E-state index in [4.69, 9.17) is 4.98 Å². The van der Waals surface area contributed by atoms with Crippen LogP contribution in [0.25, 0.3) is 11.0 Å². The molecule has 7 heteroatoms. The van der Waals surface area contributed by atoms with Crippen molar-refractivity contribution in [3.8, 4) is 0 Å². The van der Waals surface area contributed by atoms with Gasteiger partial charge in [0.05, 0.1) is 16.7 Å². The number of nitrogens with zero attached hydrogens (tertiary/aromatic N) is 5. The molecule has 1 atom stereocenters. The van der Waals surface area contributed by atoms with Gasteiger partial charge >= 0.3 is 0 Å².